The second-order valence-corrected chi connectivity index (χ2v) is 6.99. The number of rotatable bonds is 7. The number of para-hydroxylation sites is 1. The van der Waals surface area contributed by atoms with E-state index in [1.165, 1.54) is 12.0 Å². The summed E-state index contributed by atoms with van der Waals surface area (Å²) >= 11 is 0. The monoisotopic (exact) mass is 414 g/mol. The Hall–Kier alpha value is -4.06. The maximum Gasteiger partial charge on any atom is 0.278 e. The molecule has 3 aromatic carbocycles. The molecule has 0 fully saturated rings. The van der Waals surface area contributed by atoms with Gasteiger partial charge in [-0.05, 0) is 23.8 Å². The van der Waals surface area contributed by atoms with E-state index in [0.717, 1.165) is 5.56 Å². The van der Waals surface area contributed by atoms with Gasteiger partial charge >= 0.3 is 0 Å². The van der Waals surface area contributed by atoms with Crippen molar-refractivity contribution in [2.45, 2.75) is 6.54 Å². The Morgan fingerprint density at radius 1 is 0.806 bits per heavy atom. The number of carbonyl (C=O) groups is 2. The van der Waals surface area contributed by atoms with Gasteiger partial charge in [0.15, 0.2) is 0 Å². The highest BCUT2D eigenvalue weighted by molar-refractivity contribution is 6.36. The number of anilines is 1. The molecule has 3 aromatic rings. The van der Waals surface area contributed by atoms with E-state index in [1.54, 1.807) is 25.3 Å². The number of nitrogens with zero attached hydrogens (tertiary/aromatic N) is 1. The smallest absolute Gasteiger partial charge is 0.278 e. The lowest BCUT2D eigenvalue weighted by Crippen LogP contribution is -2.32. The summed E-state index contributed by atoms with van der Waals surface area (Å²) in [7, 11) is 3.11. The molecule has 1 heterocycles. The number of benzene rings is 3. The van der Waals surface area contributed by atoms with Crippen LogP contribution in [0, 0.1) is 0 Å². The fraction of sp³-hybridized carbons (Fsp3) is 0.120. The average molecular weight is 414 g/mol. The molecule has 1 aliphatic rings. The second kappa shape index (κ2) is 8.75. The summed E-state index contributed by atoms with van der Waals surface area (Å²) in [5, 5.41) is 3.14. The highest BCUT2D eigenvalue weighted by atomic mass is 16.5. The lowest BCUT2D eigenvalue weighted by molar-refractivity contribution is -0.137. The Kier molecular flexibility index (Phi) is 5.71. The average Bonchev–Trinajstić information content (AvgIpc) is 3.04. The first kappa shape index (κ1) is 20.2. The van der Waals surface area contributed by atoms with E-state index >= 15 is 0 Å². The molecule has 2 amide bonds. The molecule has 0 spiro atoms. The zero-order valence-electron chi connectivity index (χ0n) is 17.3. The van der Waals surface area contributed by atoms with Crippen molar-refractivity contribution in [3.63, 3.8) is 0 Å². The molecule has 0 bridgehead atoms. The fourth-order valence-electron chi connectivity index (χ4n) is 3.55. The van der Waals surface area contributed by atoms with E-state index in [2.05, 4.69) is 5.32 Å². The standard InChI is InChI=1S/C25H22N2O4/c1-30-19-12-8-11-18(15-19)26-23-22(20-13-6-7-14-21(20)31-2)24(28)27(25(23)29)16-17-9-4-3-5-10-17/h3-15,26H,16H2,1-2H3. The van der Waals surface area contributed by atoms with Gasteiger partial charge in [0, 0.05) is 17.3 Å². The number of amides is 2. The first-order chi connectivity index (χ1) is 15.1. The molecule has 0 saturated carbocycles. The van der Waals surface area contributed by atoms with E-state index < -0.39 is 5.91 Å². The predicted octanol–water partition coefficient (Wildman–Crippen LogP) is 4.10. The summed E-state index contributed by atoms with van der Waals surface area (Å²) in [6.07, 6.45) is 0. The Morgan fingerprint density at radius 2 is 1.55 bits per heavy atom. The molecule has 0 aliphatic carbocycles. The predicted molar refractivity (Wildman–Crippen MR) is 119 cm³/mol. The third-order valence-electron chi connectivity index (χ3n) is 5.07. The van der Waals surface area contributed by atoms with Crippen molar-refractivity contribution in [2.75, 3.05) is 19.5 Å². The summed E-state index contributed by atoms with van der Waals surface area (Å²) in [5.41, 5.74) is 2.56. The number of methoxy groups -OCH3 is 2. The summed E-state index contributed by atoms with van der Waals surface area (Å²) in [5.74, 6) is 0.397. The number of imide groups is 1. The molecule has 6 nitrogen and oxygen atoms in total. The number of hydrogen-bond acceptors (Lipinski definition) is 5. The fourth-order valence-corrected chi connectivity index (χ4v) is 3.55. The first-order valence-corrected chi connectivity index (χ1v) is 9.81. The van der Waals surface area contributed by atoms with E-state index in [9.17, 15) is 9.59 Å². The summed E-state index contributed by atoms with van der Waals surface area (Å²) in [6, 6.07) is 23.8. The van der Waals surface area contributed by atoms with Crippen molar-refractivity contribution < 1.29 is 19.1 Å². The molecule has 0 radical (unpaired) electrons. The van der Waals surface area contributed by atoms with Gasteiger partial charge in [-0.3, -0.25) is 14.5 Å². The molecule has 31 heavy (non-hydrogen) atoms. The van der Waals surface area contributed by atoms with E-state index in [0.29, 0.717) is 22.7 Å². The van der Waals surface area contributed by atoms with Crippen molar-refractivity contribution in [3.8, 4) is 11.5 Å². The molecule has 0 unspecified atom stereocenters. The van der Waals surface area contributed by atoms with Crippen LogP contribution in [0.4, 0.5) is 5.69 Å². The molecular formula is C25H22N2O4. The number of nitrogens with one attached hydrogen (secondary N) is 1. The van der Waals surface area contributed by atoms with Crippen LogP contribution in [0.15, 0.2) is 84.6 Å². The minimum absolute atomic E-state index is 0.181. The lowest BCUT2D eigenvalue weighted by Gasteiger charge is -2.15. The van der Waals surface area contributed by atoms with E-state index in [4.69, 9.17) is 9.47 Å². The molecule has 0 aromatic heterocycles. The van der Waals surface area contributed by atoms with Crippen LogP contribution in [0.3, 0.4) is 0 Å². The third kappa shape index (κ3) is 4.00. The van der Waals surface area contributed by atoms with Crippen LogP contribution in [0.1, 0.15) is 11.1 Å². The van der Waals surface area contributed by atoms with Crippen molar-refractivity contribution in [1.29, 1.82) is 0 Å². The van der Waals surface area contributed by atoms with Crippen LogP contribution >= 0.6 is 0 Å². The van der Waals surface area contributed by atoms with Gasteiger partial charge in [-0.25, -0.2) is 0 Å². The number of carbonyl (C=O) groups excluding carboxylic acids is 2. The molecule has 0 saturated heterocycles. The van der Waals surface area contributed by atoms with Gasteiger partial charge in [0.25, 0.3) is 11.8 Å². The van der Waals surface area contributed by atoms with Gasteiger partial charge in [-0.15, -0.1) is 0 Å². The van der Waals surface area contributed by atoms with Gasteiger partial charge in [-0.2, -0.15) is 0 Å². The molecule has 156 valence electrons. The van der Waals surface area contributed by atoms with Gasteiger partial charge in [-0.1, -0.05) is 54.6 Å². The van der Waals surface area contributed by atoms with E-state index in [-0.39, 0.29) is 23.7 Å². The van der Waals surface area contributed by atoms with Crippen LogP contribution in [-0.4, -0.2) is 30.9 Å². The zero-order valence-corrected chi connectivity index (χ0v) is 17.3. The maximum absolute atomic E-state index is 13.4. The first-order valence-electron chi connectivity index (χ1n) is 9.81. The molecule has 0 atom stereocenters. The molecule has 4 rings (SSSR count). The van der Waals surface area contributed by atoms with E-state index in [1.807, 2.05) is 60.7 Å². The van der Waals surface area contributed by atoms with Crippen LogP contribution in [-0.2, 0) is 16.1 Å². The Balaban J connectivity index is 1.78. The van der Waals surface area contributed by atoms with Crippen molar-refractivity contribution in [1.82, 2.24) is 4.90 Å². The Labute approximate surface area is 180 Å². The minimum Gasteiger partial charge on any atom is -0.497 e. The third-order valence-corrected chi connectivity index (χ3v) is 5.07. The van der Waals surface area contributed by atoms with Crippen LogP contribution in [0.25, 0.3) is 5.57 Å². The zero-order chi connectivity index (χ0) is 21.8. The largest absolute Gasteiger partial charge is 0.497 e. The number of hydrogen-bond donors (Lipinski definition) is 1. The van der Waals surface area contributed by atoms with Gasteiger partial charge in [0.2, 0.25) is 0 Å². The summed E-state index contributed by atoms with van der Waals surface area (Å²) in [6.45, 7) is 0.181. The highest BCUT2D eigenvalue weighted by Crippen LogP contribution is 2.36. The molecular weight excluding hydrogens is 392 g/mol. The van der Waals surface area contributed by atoms with Crippen LogP contribution in [0.5, 0.6) is 11.5 Å². The van der Waals surface area contributed by atoms with Gasteiger partial charge in [0.1, 0.15) is 17.2 Å². The second-order valence-electron chi connectivity index (χ2n) is 6.99. The maximum atomic E-state index is 13.4. The van der Waals surface area contributed by atoms with Crippen LogP contribution < -0.4 is 14.8 Å². The molecule has 6 heteroatoms. The summed E-state index contributed by atoms with van der Waals surface area (Å²) < 4.78 is 10.7. The topological polar surface area (TPSA) is 67.9 Å². The van der Waals surface area contributed by atoms with Crippen molar-refractivity contribution in [3.05, 3.63) is 95.7 Å². The quantitative estimate of drug-likeness (QED) is 0.590. The Bertz CT molecular complexity index is 1150. The summed E-state index contributed by atoms with van der Waals surface area (Å²) in [4.78, 5) is 28.1. The van der Waals surface area contributed by atoms with Crippen molar-refractivity contribution in [2.24, 2.45) is 0 Å². The minimum atomic E-state index is -0.391. The van der Waals surface area contributed by atoms with Gasteiger partial charge < -0.3 is 14.8 Å². The van der Waals surface area contributed by atoms with Crippen LogP contribution in [0.2, 0.25) is 0 Å². The molecule has 1 aliphatic heterocycles. The normalized spacial score (nSPS) is 13.5. The van der Waals surface area contributed by atoms with Crippen molar-refractivity contribution >= 4 is 23.1 Å². The highest BCUT2D eigenvalue weighted by Gasteiger charge is 2.40. The molecule has 1 N–H and O–H groups in total. The number of ether oxygens (including phenoxy) is 2. The Morgan fingerprint density at radius 3 is 2.29 bits per heavy atom. The SMILES string of the molecule is COc1cccc(NC2=C(c3ccccc3OC)C(=O)N(Cc3ccccc3)C2=O)c1. The lowest BCUT2D eigenvalue weighted by atomic mass is 10.0. The van der Waals surface area contributed by atoms with Gasteiger partial charge in [0.05, 0.1) is 26.3 Å².